The molecule has 0 unspecified atom stereocenters. The molecular weight excluding hydrogens is 797 g/mol. The lowest BCUT2D eigenvalue weighted by atomic mass is 10.0. The predicted molar refractivity (Wildman–Crippen MR) is 240 cm³/mol. The van der Waals surface area contributed by atoms with E-state index in [-0.39, 0.29) is 28.1 Å². The molecule has 0 spiro atoms. The molecule has 60 heavy (non-hydrogen) atoms. The number of nitro benzene ring substituents is 1. The van der Waals surface area contributed by atoms with Crippen molar-refractivity contribution in [3.05, 3.63) is 143 Å². The largest absolute Gasteiger partial charge is 0.456 e. The van der Waals surface area contributed by atoms with Crippen molar-refractivity contribution in [2.24, 2.45) is 0 Å². The van der Waals surface area contributed by atoms with Gasteiger partial charge in [-0.15, -0.1) is 11.8 Å². The molecule has 1 aliphatic heterocycles. The van der Waals surface area contributed by atoms with Gasteiger partial charge in [0, 0.05) is 77.5 Å². The van der Waals surface area contributed by atoms with E-state index in [9.17, 15) is 18.5 Å². The van der Waals surface area contributed by atoms with Crippen LogP contribution in [0.15, 0.2) is 142 Å². The van der Waals surface area contributed by atoms with Gasteiger partial charge in [0.1, 0.15) is 23.4 Å². The topological polar surface area (TPSA) is 150 Å². The molecular formula is C45H46N8O5S2. The number of nitro groups is 1. The average molecular weight is 843 g/mol. The van der Waals surface area contributed by atoms with Gasteiger partial charge in [-0.2, -0.15) is 0 Å². The number of sulfonamides is 1. The van der Waals surface area contributed by atoms with Gasteiger partial charge in [0.05, 0.1) is 15.3 Å². The number of fused-ring (bicyclic) bond motifs is 2. The van der Waals surface area contributed by atoms with E-state index in [4.69, 9.17) is 4.42 Å². The van der Waals surface area contributed by atoms with Crippen LogP contribution in [0.5, 0.6) is 0 Å². The van der Waals surface area contributed by atoms with Crippen molar-refractivity contribution >= 4 is 66.5 Å². The standard InChI is InChI=1S/C45H46N8O5S2/c1-50(2)21-20-34(30-59-36-12-4-3-5-13-36)48-40-19-17-37(28-42(40)53(54)55)60(56,57)49-45-39-18-16-35(27-41(39)46-31-47-45)52-24-22-51(23-25-52)29-33-11-6-8-14-38(33)44-26-32-10-7-9-15-43(32)58-44/h3-19,26-28,31,34,48H,20-25,29-30H2,1-2H3,(H,46,47,49)/t34-/m1/s1. The molecule has 0 radical (unpaired) electrons. The summed E-state index contributed by atoms with van der Waals surface area (Å²) in [7, 11) is -0.314. The minimum absolute atomic E-state index is 0.0889. The molecule has 0 aliphatic carbocycles. The number of nitrogens with one attached hydrogen (secondary N) is 2. The number of nitrogens with zero attached hydrogens (tertiary/aromatic N) is 6. The highest BCUT2D eigenvalue weighted by Gasteiger charge is 2.25. The second kappa shape index (κ2) is 18.1. The summed E-state index contributed by atoms with van der Waals surface area (Å²) in [4.78, 5) is 28.1. The van der Waals surface area contributed by atoms with Crippen LogP contribution in [0.25, 0.3) is 33.2 Å². The second-order valence-electron chi connectivity index (χ2n) is 15.1. The molecule has 1 atom stereocenters. The Labute approximate surface area is 353 Å². The van der Waals surface area contributed by atoms with Crippen LogP contribution in [0, 0.1) is 10.1 Å². The number of furan rings is 1. The molecule has 15 heteroatoms. The van der Waals surface area contributed by atoms with Gasteiger partial charge in [-0.3, -0.25) is 19.7 Å². The summed E-state index contributed by atoms with van der Waals surface area (Å²) in [6.45, 7) is 4.87. The summed E-state index contributed by atoms with van der Waals surface area (Å²) >= 11 is 1.66. The van der Waals surface area contributed by atoms with Gasteiger partial charge < -0.3 is 19.5 Å². The normalized spacial score (nSPS) is 14.2. The van der Waals surface area contributed by atoms with Gasteiger partial charge in [-0.05, 0) is 87.2 Å². The number of thioether (sulfide) groups is 1. The summed E-state index contributed by atoms with van der Waals surface area (Å²) in [6, 6.07) is 38.0. The highest BCUT2D eigenvalue weighted by Crippen LogP contribution is 2.34. The zero-order chi connectivity index (χ0) is 41.6. The van der Waals surface area contributed by atoms with Crippen LogP contribution < -0.4 is 14.9 Å². The van der Waals surface area contributed by atoms with E-state index in [0.29, 0.717) is 16.7 Å². The first-order chi connectivity index (χ1) is 29.1. The maximum absolute atomic E-state index is 13.8. The molecule has 0 bridgehead atoms. The molecule has 13 nitrogen and oxygen atoms in total. The fraction of sp³-hybridized carbons (Fsp3) is 0.244. The van der Waals surface area contributed by atoms with Gasteiger partial charge >= 0.3 is 0 Å². The van der Waals surface area contributed by atoms with Crippen LogP contribution in [-0.4, -0.2) is 91.7 Å². The van der Waals surface area contributed by atoms with Gasteiger partial charge in [0.2, 0.25) is 0 Å². The number of hydrogen-bond donors (Lipinski definition) is 2. The summed E-state index contributed by atoms with van der Waals surface area (Å²) in [5.74, 6) is 1.62. The Morgan fingerprint density at radius 2 is 1.65 bits per heavy atom. The number of rotatable bonds is 16. The summed E-state index contributed by atoms with van der Waals surface area (Å²) in [6.07, 6.45) is 2.04. The third-order valence-corrected chi connectivity index (χ3v) is 13.2. The lowest BCUT2D eigenvalue weighted by Gasteiger charge is -2.36. The van der Waals surface area contributed by atoms with E-state index in [2.05, 4.69) is 65.0 Å². The van der Waals surface area contributed by atoms with Crippen molar-refractivity contribution in [1.29, 1.82) is 0 Å². The van der Waals surface area contributed by atoms with Crippen LogP contribution in [0.1, 0.15) is 12.0 Å². The third kappa shape index (κ3) is 9.55. The lowest BCUT2D eigenvalue weighted by Crippen LogP contribution is -2.46. The van der Waals surface area contributed by atoms with E-state index >= 15 is 0 Å². The molecule has 3 heterocycles. The monoisotopic (exact) mass is 842 g/mol. The number of piperazine rings is 1. The van der Waals surface area contributed by atoms with Crippen molar-refractivity contribution in [1.82, 2.24) is 19.8 Å². The van der Waals surface area contributed by atoms with Gasteiger partial charge in [0.15, 0.2) is 5.82 Å². The third-order valence-electron chi connectivity index (χ3n) is 10.6. The maximum Gasteiger partial charge on any atom is 0.293 e. The number of para-hydroxylation sites is 1. The van der Waals surface area contributed by atoms with Crippen LogP contribution in [0.2, 0.25) is 0 Å². The molecule has 1 saturated heterocycles. The summed E-state index contributed by atoms with van der Waals surface area (Å²) in [5, 5.41) is 17.3. The Kier molecular flexibility index (Phi) is 12.3. The van der Waals surface area contributed by atoms with E-state index < -0.39 is 14.9 Å². The highest BCUT2D eigenvalue weighted by atomic mass is 32.2. The van der Waals surface area contributed by atoms with Crippen molar-refractivity contribution in [3.8, 4) is 11.3 Å². The predicted octanol–water partition coefficient (Wildman–Crippen LogP) is 8.60. The zero-order valence-electron chi connectivity index (χ0n) is 33.4. The van der Waals surface area contributed by atoms with Crippen molar-refractivity contribution in [2.75, 3.05) is 67.5 Å². The van der Waals surface area contributed by atoms with Gasteiger partial charge in [-0.1, -0.05) is 60.7 Å². The number of anilines is 3. The Hall–Kier alpha value is -6.00. The molecule has 8 rings (SSSR count). The minimum Gasteiger partial charge on any atom is -0.456 e. The Balaban J connectivity index is 0.934. The molecule has 7 aromatic rings. The average Bonchev–Trinajstić information content (AvgIpc) is 3.69. The molecule has 2 N–H and O–H groups in total. The molecule has 1 aliphatic rings. The van der Waals surface area contributed by atoms with Crippen molar-refractivity contribution in [2.45, 2.75) is 28.8 Å². The number of benzene rings is 5. The van der Waals surface area contributed by atoms with Gasteiger partial charge in [-0.25, -0.2) is 18.4 Å². The molecule has 5 aromatic carbocycles. The fourth-order valence-corrected chi connectivity index (χ4v) is 9.47. The first-order valence-electron chi connectivity index (χ1n) is 19.8. The Morgan fingerprint density at radius 3 is 2.43 bits per heavy atom. The molecule has 2 aromatic heterocycles. The van der Waals surface area contributed by atoms with E-state index in [0.717, 1.165) is 84.6 Å². The SMILES string of the molecule is CN(C)CC[C@H](CSc1ccccc1)Nc1ccc(S(=O)(=O)Nc2ncnc3cc(N4CCN(Cc5ccccc5-c5cc6ccccc6o5)CC4)ccc23)cc1[N+](=O)[O-]. The van der Waals surface area contributed by atoms with Gasteiger partial charge in [0.25, 0.3) is 15.7 Å². The summed E-state index contributed by atoms with van der Waals surface area (Å²) in [5.41, 5.74) is 4.65. The lowest BCUT2D eigenvalue weighted by molar-refractivity contribution is -0.384. The highest BCUT2D eigenvalue weighted by molar-refractivity contribution is 7.99. The van der Waals surface area contributed by atoms with Crippen molar-refractivity contribution < 1.29 is 17.8 Å². The van der Waals surface area contributed by atoms with Crippen LogP contribution in [0.3, 0.4) is 0 Å². The Bertz CT molecular complexity index is 2690. The quantitative estimate of drug-likeness (QED) is 0.0545. The van der Waals surface area contributed by atoms with E-state index in [1.165, 1.54) is 24.0 Å². The first kappa shape index (κ1) is 40.8. The zero-order valence-corrected chi connectivity index (χ0v) is 35.0. The molecule has 0 amide bonds. The number of aromatic nitrogens is 2. The van der Waals surface area contributed by atoms with E-state index in [1.807, 2.05) is 86.9 Å². The second-order valence-corrected chi connectivity index (χ2v) is 17.9. The van der Waals surface area contributed by atoms with Crippen molar-refractivity contribution in [3.63, 3.8) is 0 Å². The first-order valence-corrected chi connectivity index (χ1v) is 22.3. The molecule has 0 saturated carbocycles. The smallest absolute Gasteiger partial charge is 0.293 e. The maximum atomic E-state index is 13.8. The number of hydrogen-bond acceptors (Lipinski definition) is 12. The fourth-order valence-electron chi connectivity index (χ4n) is 7.42. The van der Waals surface area contributed by atoms with Crippen LogP contribution in [0.4, 0.5) is 22.9 Å². The Morgan fingerprint density at radius 1 is 0.883 bits per heavy atom. The van der Waals surface area contributed by atoms with Crippen LogP contribution in [-0.2, 0) is 16.6 Å². The molecule has 308 valence electrons. The molecule has 1 fully saturated rings. The summed E-state index contributed by atoms with van der Waals surface area (Å²) < 4.78 is 36.3. The minimum atomic E-state index is -4.27. The van der Waals surface area contributed by atoms with Crippen LogP contribution >= 0.6 is 11.8 Å². The van der Waals surface area contributed by atoms with E-state index in [1.54, 1.807) is 11.8 Å².